The molecule has 0 bridgehead atoms. The summed E-state index contributed by atoms with van der Waals surface area (Å²) < 4.78 is 17.5. The zero-order valence-electron chi connectivity index (χ0n) is 13.1. The van der Waals surface area contributed by atoms with E-state index >= 15 is 0 Å². The van der Waals surface area contributed by atoms with E-state index in [-0.39, 0.29) is 29.7 Å². The van der Waals surface area contributed by atoms with Crippen LogP contribution in [0.5, 0.6) is 0 Å². The third-order valence-electron chi connectivity index (χ3n) is 3.79. The van der Waals surface area contributed by atoms with Crippen LogP contribution in [0.15, 0.2) is 12.2 Å². The predicted molar refractivity (Wildman–Crippen MR) is 76.5 cm³/mol. The number of allylic oxidation sites excluding steroid dienone is 2. The summed E-state index contributed by atoms with van der Waals surface area (Å²) in [6, 6.07) is 0. The minimum absolute atomic E-state index is 0.0139. The summed E-state index contributed by atoms with van der Waals surface area (Å²) in [7, 11) is 0. The number of ketones is 2. The van der Waals surface area contributed by atoms with Crippen molar-refractivity contribution in [1.82, 2.24) is 0 Å². The first-order valence-corrected chi connectivity index (χ1v) is 7.46. The van der Waals surface area contributed by atoms with Crippen molar-refractivity contribution >= 4 is 11.6 Å². The van der Waals surface area contributed by atoms with Gasteiger partial charge in [-0.15, -0.1) is 0 Å². The summed E-state index contributed by atoms with van der Waals surface area (Å²) in [4.78, 5) is 22.4. The maximum atomic E-state index is 11.5. The summed E-state index contributed by atoms with van der Waals surface area (Å²) in [5.41, 5.74) is 0. The minimum Gasteiger partial charge on any atom is -0.346 e. The van der Waals surface area contributed by atoms with E-state index in [2.05, 4.69) is 0 Å². The Morgan fingerprint density at radius 2 is 1.90 bits per heavy atom. The van der Waals surface area contributed by atoms with Crippen molar-refractivity contribution in [2.24, 2.45) is 5.92 Å². The van der Waals surface area contributed by atoms with Crippen molar-refractivity contribution in [1.29, 1.82) is 0 Å². The quantitative estimate of drug-likeness (QED) is 0.704. The molecule has 4 atom stereocenters. The normalized spacial score (nSPS) is 34.3. The fourth-order valence-corrected chi connectivity index (χ4v) is 3.01. The molecule has 0 radical (unpaired) electrons. The van der Waals surface area contributed by atoms with Crippen LogP contribution in [0.3, 0.4) is 0 Å². The molecule has 0 saturated carbocycles. The number of hydrogen-bond acceptors (Lipinski definition) is 5. The van der Waals surface area contributed by atoms with Crippen molar-refractivity contribution in [2.45, 2.75) is 71.2 Å². The van der Waals surface area contributed by atoms with Crippen LogP contribution >= 0.6 is 0 Å². The lowest BCUT2D eigenvalue weighted by Gasteiger charge is -2.25. The van der Waals surface area contributed by atoms with Crippen LogP contribution in [0.1, 0.15) is 47.0 Å². The van der Waals surface area contributed by atoms with E-state index in [1.54, 1.807) is 13.0 Å². The van der Waals surface area contributed by atoms with Gasteiger partial charge in [0.25, 0.3) is 0 Å². The molecule has 5 nitrogen and oxygen atoms in total. The Hall–Kier alpha value is -1.04. The highest BCUT2D eigenvalue weighted by molar-refractivity contribution is 5.87. The minimum atomic E-state index is -0.663. The van der Waals surface area contributed by atoms with E-state index in [1.807, 2.05) is 19.9 Å². The fraction of sp³-hybridized carbons (Fsp3) is 0.750. The highest BCUT2D eigenvalue weighted by atomic mass is 16.8. The lowest BCUT2D eigenvalue weighted by atomic mass is 9.90. The molecule has 2 heterocycles. The van der Waals surface area contributed by atoms with Gasteiger partial charge in [0.2, 0.25) is 0 Å². The highest BCUT2D eigenvalue weighted by Crippen LogP contribution is 2.43. The largest absolute Gasteiger partial charge is 0.346 e. The first-order valence-electron chi connectivity index (χ1n) is 7.46. The summed E-state index contributed by atoms with van der Waals surface area (Å²) in [5.74, 6) is -0.487. The van der Waals surface area contributed by atoms with Gasteiger partial charge in [-0.3, -0.25) is 4.79 Å². The van der Waals surface area contributed by atoms with Crippen molar-refractivity contribution in [2.75, 3.05) is 0 Å². The molecule has 0 unspecified atom stereocenters. The van der Waals surface area contributed by atoms with Crippen LogP contribution in [-0.2, 0) is 23.8 Å². The van der Waals surface area contributed by atoms with Crippen LogP contribution in [0.25, 0.3) is 0 Å². The lowest BCUT2D eigenvalue weighted by Crippen LogP contribution is -2.31. The van der Waals surface area contributed by atoms with Gasteiger partial charge >= 0.3 is 0 Å². The van der Waals surface area contributed by atoms with Gasteiger partial charge in [-0.25, -0.2) is 0 Å². The predicted octanol–water partition coefficient (Wildman–Crippen LogP) is 2.38. The van der Waals surface area contributed by atoms with Crippen molar-refractivity contribution in [3.8, 4) is 0 Å². The van der Waals surface area contributed by atoms with E-state index in [4.69, 9.17) is 14.2 Å². The summed E-state index contributed by atoms with van der Waals surface area (Å²) >= 11 is 0. The number of carbonyl (C=O) groups excluding carboxylic acids is 2. The SMILES string of the molecule is CC(=O)/C=C/CC[C@H]1O[C@@H]2OC(C)(C)O[C@@H]2[C@@H]1CC(C)=O. The molecule has 2 rings (SSSR count). The second-order valence-corrected chi connectivity index (χ2v) is 6.30. The summed E-state index contributed by atoms with van der Waals surface area (Å²) in [6.07, 6.45) is 4.67. The Kier molecular flexibility index (Phi) is 4.96. The average molecular weight is 296 g/mol. The van der Waals surface area contributed by atoms with Gasteiger partial charge in [0, 0.05) is 12.3 Å². The Balaban J connectivity index is 1.98. The first-order chi connectivity index (χ1) is 9.78. The van der Waals surface area contributed by atoms with Crippen LogP contribution in [-0.4, -0.2) is 35.9 Å². The summed E-state index contributed by atoms with van der Waals surface area (Å²) in [5, 5.41) is 0. The molecule has 2 aliphatic heterocycles. The van der Waals surface area contributed by atoms with Gasteiger partial charge in [0.1, 0.15) is 11.9 Å². The molecule has 0 aromatic heterocycles. The Morgan fingerprint density at radius 1 is 1.19 bits per heavy atom. The fourth-order valence-electron chi connectivity index (χ4n) is 3.01. The number of fused-ring (bicyclic) bond motifs is 1. The van der Waals surface area contributed by atoms with Crippen molar-refractivity contribution in [3.05, 3.63) is 12.2 Å². The van der Waals surface area contributed by atoms with Gasteiger partial charge in [0.05, 0.1) is 6.10 Å². The number of Topliss-reactive ketones (excluding diaryl/α,β-unsaturated/α-hetero) is 1. The zero-order valence-corrected chi connectivity index (χ0v) is 13.1. The Bertz CT molecular complexity index is 440. The molecule has 118 valence electrons. The molecule has 0 aliphatic carbocycles. The van der Waals surface area contributed by atoms with Gasteiger partial charge in [0.15, 0.2) is 17.9 Å². The Morgan fingerprint density at radius 3 is 2.52 bits per heavy atom. The van der Waals surface area contributed by atoms with Crippen LogP contribution in [0, 0.1) is 5.92 Å². The maximum Gasteiger partial charge on any atom is 0.187 e. The maximum absolute atomic E-state index is 11.5. The van der Waals surface area contributed by atoms with Crippen molar-refractivity contribution in [3.63, 3.8) is 0 Å². The van der Waals surface area contributed by atoms with Crippen LogP contribution in [0.4, 0.5) is 0 Å². The van der Waals surface area contributed by atoms with Crippen molar-refractivity contribution < 1.29 is 23.8 Å². The summed E-state index contributed by atoms with van der Waals surface area (Å²) in [6.45, 7) is 6.81. The van der Waals surface area contributed by atoms with Gasteiger partial charge < -0.3 is 19.0 Å². The lowest BCUT2D eigenvalue weighted by molar-refractivity contribution is -0.210. The molecule has 2 saturated heterocycles. The van der Waals surface area contributed by atoms with Gasteiger partial charge in [-0.1, -0.05) is 6.08 Å². The number of carbonyl (C=O) groups is 2. The zero-order chi connectivity index (χ0) is 15.6. The number of hydrogen-bond donors (Lipinski definition) is 0. The topological polar surface area (TPSA) is 61.8 Å². The van der Waals surface area contributed by atoms with E-state index < -0.39 is 12.1 Å². The highest BCUT2D eigenvalue weighted by Gasteiger charge is 2.54. The van der Waals surface area contributed by atoms with E-state index in [0.29, 0.717) is 6.42 Å². The second kappa shape index (κ2) is 6.38. The van der Waals surface area contributed by atoms with Crippen LogP contribution in [0.2, 0.25) is 0 Å². The third-order valence-corrected chi connectivity index (χ3v) is 3.79. The number of ether oxygens (including phenoxy) is 3. The standard InChI is InChI=1S/C16H24O5/c1-10(17)7-5-6-8-13-12(9-11(2)18)14-15(19-13)21-16(3,4)20-14/h5,7,12-15H,6,8-9H2,1-4H3/b7-5+/t12-,13-,14-,15-/m1/s1. The average Bonchev–Trinajstić information content (AvgIpc) is 2.78. The van der Waals surface area contributed by atoms with Gasteiger partial charge in [-0.2, -0.15) is 0 Å². The molecular weight excluding hydrogens is 272 g/mol. The molecule has 0 N–H and O–H groups in total. The molecule has 0 aromatic carbocycles. The molecule has 2 aliphatic rings. The molecular formula is C16H24O5. The van der Waals surface area contributed by atoms with E-state index in [1.165, 1.54) is 6.92 Å². The molecule has 0 spiro atoms. The van der Waals surface area contributed by atoms with Crippen LogP contribution < -0.4 is 0 Å². The monoisotopic (exact) mass is 296 g/mol. The molecule has 5 heteroatoms. The third kappa shape index (κ3) is 4.22. The molecule has 21 heavy (non-hydrogen) atoms. The smallest absolute Gasteiger partial charge is 0.187 e. The Labute approximate surface area is 125 Å². The molecule has 0 amide bonds. The second-order valence-electron chi connectivity index (χ2n) is 6.30. The first kappa shape index (κ1) is 16.3. The van der Waals surface area contributed by atoms with E-state index in [0.717, 1.165) is 12.8 Å². The van der Waals surface area contributed by atoms with Gasteiger partial charge in [-0.05, 0) is 46.6 Å². The molecule has 0 aromatic rings. The van der Waals surface area contributed by atoms with E-state index in [9.17, 15) is 9.59 Å². The molecule has 2 fully saturated rings. The number of rotatable bonds is 6.